The molecule has 6 nitrogen and oxygen atoms in total. The summed E-state index contributed by atoms with van der Waals surface area (Å²) in [7, 11) is 0. The van der Waals surface area contributed by atoms with E-state index in [1.165, 1.54) is 11.8 Å². The van der Waals surface area contributed by atoms with E-state index in [9.17, 15) is 14.4 Å². The lowest BCUT2D eigenvalue weighted by molar-refractivity contribution is -0.113. The maximum Gasteiger partial charge on any atom is 0.272 e. The van der Waals surface area contributed by atoms with E-state index in [1.807, 2.05) is 97.1 Å². The van der Waals surface area contributed by atoms with Crippen LogP contribution in [0.25, 0.3) is 27.9 Å². The number of anilines is 1. The molecule has 0 bridgehead atoms. The van der Waals surface area contributed by atoms with Crippen molar-refractivity contribution in [3.8, 4) is 0 Å². The van der Waals surface area contributed by atoms with E-state index in [2.05, 4.69) is 10.6 Å². The van der Waals surface area contributed by atoms with Gasteiger partial charge in [0.1, 0.15) is 5.70 Å². The molecule has 6 aromatic rings. The molecule has 0 aliphatic rings. The molecule has 1 aromatic heterocycles. The van der Waals surface area contributed by atoms with E-state index in [0.717, 1.165) is 32.3 Å². The number of carbonyl (C=O) groups excluding carboxylic acids is 3. The number of amides is 2. The van der Waals surface area contributed by atoms with Gasteiger partial charge in [-0.25, -0.2) is 0 Å². The number of para-hydroxylation sites is 2. The maximum atomic E-state index is 13.4. The topological polar surface area (TPSA) is 80.2 Å². The fourth-order valence-corrected chi connectivity index (χ4v) is 5.64. The molecular weight excluding hydrogens is 554 g/mol. The molecule has 2 N–H and O–H groups in total. The van der Waals surface area contributed by atoms with Gasteiger partial charge in [-0.3, -0.25) is 19.0 Å². The second-order valence-corrected chi connectivity index (χ2v) is 10.9. The van der Waals surface area contributed by atoms with Crippen molar-refractivity contribution in [2.75, 3.05) is 11.1 Å². The summed E-state index contributed by atoms with van der Waals surface area (Å²) < 4.78 is 1.79. The minimum Gasteiger partial charge on any atom is -0.321 e. The van der Waals surface area contributed by atoms with Crippen LogP contribution < -0.4 is 10.6 Å². The van der Waals surface area contributed by atoms with Gasteiger partial charge in [-0.05, 0) is 60.2 Å². The van der Waals surface area contributed by atoms with E-state index < -0.39 is 5.91 Å². The Bertz CT molecular complexity index is 1910. The summed E-state index contributed by atoms with van der Waals surface area (Å²) >= 11 is 1.43. The highest BCUT2D eigenvalue weighted by molar-refractivity contribution is 8.00. The Morgan fingerprint density at radius 2 is 1.21 bits per heavy atom. The molecule has 0 fully saturated rings. The third kappa shape index (κ3) is 6.27. The normalized spacial score (nSPS) is 11.4. The number of thioether (sulfide) groups is 1. The van der Waals surface area contributed by atoms with Crippen LogP contribution in [0.2, 0.25) is 0 Å². The first kappa shape index (κ1) is 27.8. The van der Waals surface area contributed by atoms with Crippen LogP contribution in [0, 0.1) is 0 Å². The molecule has 210 valence electrons. The van der Waals surface area contributed by atoms with Gasteiger partial charge in [0, 0.05) is 26.9 Å². The van der Waals surface area contributed by atoms with Crippen molar-refractivity contribution < 1.29 is 14.4 Å². The lowest BCUT2D eigenvalue weighted by Gasteiger charge is -2.12. The zero-order chi connectivity index (χ0) is 29.6. The van der Waals surface area contributed by atoms with Crippen molar-refractivity contribution in [3.63, 3.8) is 0 Å². The number of nitrogens with one attached hydrogen (secondary N) is 2. The standard InChI is InChI=1S/C36H27N3O3S/c40-34(39-32-17-9-7-15-29(32)30-16-8-10-18-33(30)39)24-43-28-21-19-27(20-22-28)37-36(42)31(23-25-11-3-1-4-12-25)38-35(41)26-13-5-2-6-14-26/h1-23H,24H2,(H,37,42)(H,38,41)/b31-23-. The summed E-state index contributed by atoms with van der Waals surface area (Å²) in [6.45, 7) is 0. The third-order valence-corrected chi connectivity index (χ3v) is 7.94. The quantitative estimate of drug-likeness (QED) is 0.143. The molecule has 0 saturated carbocycles. The lowest BCUT2D eigenvalue weighted by atomic mass is 10.1. The van der Waals surface area contributed by atoms with Crippen molar-refractivity contribution in [2.45, 2.75) is 4.90 Å². The molecule has 0 atom stereocenters. The van der Waals surface area contributed by atoms with Crippen LogP contribution in [0.15, 0.2) is 144 Å². The number of nitrogens with zero attached hydrogens (tertiary/aromatic N) is 1. The average Bonchev–Trinajstić information content (AvgIpc) is 3.39. The van der Waals surface area contributed by atoms with E-state index >= 15 is 0 Å². The molecule has 7 heteroatoms. The number of rotatable bonds is 8. The molecule has 6 rings (SSSR count). The third-order valence-electron chi connectivity index (χ3n) is 6.94. The first-order valence-electron chi connectivity index (χ1n) is 13.8. The van der Waals surface area contributed by atoms with Crippen LogP contribution in [0.1, 0.15) is 20.7 Å². The minimum atomic E-state index is -0.449. The van der Waals surface area contributed by atoms with E-state index in [0.29, 0.717) is 11.3 Å². The maximum absolute atomic E-state index is 13.4. The van der Waals surface area contributed by atoms with Crippen LogP contribution >= 0.6 is 11.8 Å². The molecule has 0 saturated heterocycles. The number of hydrogen-bond acceptors (Lipinski definition) is 4. The van der Waals surface area contributed by atoms with Gasteiger partial charge in [-0.15, -0.1) is 11.8 Å². The predicted octanol–water partition coefficient (Wildman–Crippen LogP) is 7.64. The monoisotopic (exact) mass is 581 g/mol. The fraction of sp³-hybridized carbons (Fsp3) is 0.0278. The second-order valence-electron chi connectivity index (χ2n) is 9.82. The van der Waals surface area contributed by atoms with Gasteiger partial charge in [-0.2, -0.15) is 0 Å². The Labute approximate surface area is 253 Å². The highest BCUT2D eigenvalue weighted by Gasteiger charge is 2.17. The van der Waals surface area contributed by atoms with Crippen molar-refractivity contribution in [3.05, 3.63) is 150 Å². The molecule has 0 aliphatic heterocycles. The van der Waals surface area contributed by atoms with Crippen molar-refractivity contribution in [2.24, 2.45) is 0 Å². The number of hydrogen-bond donors (Lipinski definition) is 2. The second kappa shape index (κ2) is 12.6. The minimum absolute atomic E-state index is 0.00960. The van der Waals surface area contributed by atoms with E-state index in [4.69, 9.17) is 0 Å². The fourth-order valence-electron chi connectivity index (χ4n) is 4.89. The van der Waals surface area contributed by atoms with E-state index in [-0.39, 0.29) is 23.3 Å². The summed E-state index contributed by atoms with van der Waals surface area (Å²) in [6, 6.07) is 41.2. The summed E-state index contributed by atoms with van der Waals surface area (Å²) in [5.74, 6) is -0.582. The molecule has 2 amide bonds. The molecule has 0 spiro atoms. The first-order valence-corrected chi connectivity index (χ1v) is 14.7. The van der Waals surface area contributed by atoms with Gasteiger partial charge in [-0.1, -0.05) is 84.9 Å². The largest absolute Gasteiger partial charge is 0.321 e. The van der Waals surface area contributed by atoms with E-state index in [1.54, 1.807) is 47.0 Å². The van der Waals surface area contributed by atoms with Gasteiger partial charge in [0.05, 0.1) is 16.8 Å². The van der Waals surface area contributed by atoms with Crippen LogP contribution in [-0.4, -0.2) is 28.0 Å². The number of fused-ring (bicyclic) bond motifs is 3. The summed E-state index contributed by atoms with van der Waals surface area (Å²) in [6.07, 6.45) is 1.64. The van der Waals surface area contributed by atoms with Crippen molar-refractivity contribution in [1.82, 2.24) is 9.88 Å². The molecule has 0 aliphatic carbocycles. The Hall–Kier alpha value is -5.40. The number of benzene rings is 5. The van der Waals surface area contributed by atoms with Gasteiger partial charge < -0.3 is 10.6 Å². The first-order chi connectivity index (χ1) is 21.1. The lowest BCUT2D eigenvalue weighted by Crippen LogP contribution is -2.30. The van der Waals surface area contributed by atoms with Crippen LogP contribution in [0.4, 0.5) is 5.69 Å². The number of aromatic nitrogens is 1. The highest BCUT2D eigenvalue weighted by Crippen LogP contribution is 2.30. The molecule has 0 unspecified atom stereocenters. The van der Waals surface area contributed by atoms with Gasteiger partial charge in [0.25, 0.3) is 11.8 Å². The summed E-state index contributed by atoms with van der Waals surface area (Å²) in [5, 5.41) is 7.73. The summed E-state index contributed by atoms with van der Waals surface area (Å²) in [4.78, 5) is 40.4. The molecule has 5 aromatic carbocycles. The molecule has 0 radical (unpaired) electrons. The van der Waals surface area contributed by atoms with Crippen LogP contribution in [0.5, 0.6) is 0 Å². The Morgan fingerprint density at radius 1 is 0.651 bits per heavy atom. The Morgan fingerprint density at radius 3 is 1.84 bits per heavy atom. The van der Waals surface area contributed by atoms with Crippen molar-refractivity contribution in [1.29, 1.82) is 0 Å². The zero-order valence-electron chi connectivity index (χ0n) is 23.1. The van der Waals surface area contributed by atoms with Gasteiger partial charge in [0.2, 0.25) is 5.91 Å². The Balaban J connectivity index is 1.15. The van der Waals surface area contributed by atoms with Gasteiger partial charge in [0.15, 0.2) is 0 Å². The Kier molecular flexibility index (Phi) is 8.15. The highest BCUT2D eigenvalue weighted by atomic mass is 32.2. The van der Waals surface area contributed by atoms with Crippen LogP contribution in [-0.2, 0) is 4.79 Å². The average molecular weight is 582 g/mol. The van der Waals surface area contributed by atoms with Gasteiger partial charge >= 0.3 is 0 Å². The number of carbonyl (C=O) groups is 3. The predicted molar refractivity (Wildman–Crippen MR) is 174 cm³/mol. The smallest absolute Gasteiger partial charge is 0.272 e. The van der Waals surface area contributed by atoms with Crippen LogP contribution in [0.3, 0.4) is 0 Å². The van der Waals surface area contributed by atoms with Crippen molar-refractivity contribution >= 4 is 63.1 Å². The zero-order valence-corrected chi connectivity index (χ0v) is 23.9. The molecule has 1 heterocycles. The molecule has 43 heavy (non-hydrogen) atoms. The summed E-state index contributed by atoms with van der Waals surface area (Å²) in [5.41, 5.74) is 3.70. The SMILES string of the molecule is O=C(Nc1ccc(SCC(=O)n2c3ccccc3c3ccccc32)cc1)/C(=C/c1ccccc1)NC(=O)c1ccccc1. The molecular formula is C36H27N3O3S.